The van der Waals surface area contributed by atoms with Gasteiger partial charge in [0, 0.05) is 19.2 Å². The summed E-state index contributed by atoms with van der Waals surface area (Å²) in [5.74, 6) is -1.21. The van der Waals surface area contributed by atoms with E-state index >= 15 is 0 Å². The van der Waals surface area contributed by atoms with Crippen LogP contribution in [0.5, 0.6) is 0 Å². The lowest BCUT2D eigenvalue weighted by atomic mass is 9.96. The van der Waals surface area contributed by atoms with Gasteiger partial charge < -0.3 is 19.8 Å². The molecule has 3 rings (SSSR count). The Morgan fingerprint density at radius 2 is 2.12 bits per heavy atom. The van der Waals surface area contributed by atoms with E-state index in [1.807, 2.05) is 0 Å². The van der Waals surface area contributed by atoms with Gasteiger partial charge in [0.05, 0.1) is 28.4 Å². The van der Waals surface area contributed by atoms with Crippen molar-refractivity contribution < 1.29 is 19.1 Å². The number of allylic oxidation sites excluding steroid dienone is 1. The first-order valence-electron chi connectivity index (χ1n) is 9.75. The molecule has 8 nitrogen and oxygen atoms in total. The Morgan fingerprint density at radius 3 is 2.62 bits per heavy atom. The molecular weight excluding hydrogens is 452 g/mol. The van der Waals surface area contributed by atoms with E-state index in [0.29, 0.717) is 15.6 Å². The van der Waals surface area contributed by atoms with Gasteiger partial charge in [0.15, 0.2) is 11.2 Å². The first-order chi connectivity index (χ1) is 15.0. The predicted molar refractivity (Wildman–Crippen MR) is 124 cm³/mol. The average Bonchev–Trinajstić information content (AvgIpc) is 3.42. The van der Waals surface area contributed by atoms with Crippen molar-refractivity contribution in [1.82, 2.24) is 4.57 Å². The number of carbonyl (C=O) groups excluding carboxylic acids is 2. The summed E-state index contributed by atoms with van der Waals surface area (Å²) in [5.41, 5.74) is 4.76. The summed E-state index contributed by atoms with van der Waals surface area (Å²) in [7, 11) is 1.23. The molecule has 0 saturated carbocycles. The van der Waals surface area contributed by atoms with Crippen molar-refractivity contribution in [2.75, 3.05) is 12.8 Å². The van der Waals surface area contributed by atoms with Crippen LogP contribution >= 0.6 is 22.9 Å². The van der Waals surface area contributed by atoms with Crippen molar-refractivity contribution in [2.45, 2.75) is 44.9 Å². The first kappa shape index (κ1) is 23.6. The Hall–Kier alpha value is -3.09. The number of nitrogen functional groups attached to an aromatic ring is 1. The summed E-state index contributed by atoms with van der Waals surface area (Å²) < 4.78 is 12.1. The van der Waals surface area contributed by atoms with E-state index in [4.69, 9.17) is 26.8 Å². The Labute approximate surface area is 194 Å². The van der Waals surface area contributed by atoms with Crippen LogP contribution in [-0.2, 0) is 20.8 Å². The maximum Gasteiger partial charge on any atom is 0.356 e. The summed E-state index contributed by atoms with van der Waals surface area (Å²) in [4.78, 5) is 30.5. The van der Waals surface area contributed by atoms with E-state index in [1.54, 1.807) is 48.9 Å². The number of nitrogens with two attached hydrogens (primary N) is 1. The van der Waals surface area contributed by atoms with Gasteiger partial charge in [-0.25, -0.2) is 9.59 Å². The van der Waals surface area contributed by atoms with Crippen molar-refractivity contribution in [3.05, 3.63) is 39.9 Å². The fourth-order valence-corrected chi connectivity index (χ4v) is 4.64. The molecule has 10 heteroatoms. The number of hydrogen-bond donors (Lipinski definition) is 1. The standard InChI is InChI=1S/C22H23ClN4O4S/c1-21(2,3)31-20(29)22(7-5-9-26-22)8-10-27-16(18-14(23)6-11-32-18)13(12-24)15(25)17(27)19(28)30-4/h5-7,9,11H,8,10,25H2,1-4H3. The number of aliphatic imine (C=N–C) groups is 1. The van der Waals surface area contributed by atoms with E-state index in [2.05, 4.69) is 11.1 Å². The van der Waals surface area contributed by atoms with E-state index < -0.39 is 23.1 Å². The van der Waals surface area contributed by atoms with Crippen LogP contribution in [-0.4, -0.2) is 41.0 Å². The molecule has 0 aliphatic carbocycles. The third-order valence-electron chi connectivity index (χ3n) is 4.86. The van der Waals surface area contributed by atoms with Gasteiger partial charge in [-0.3, -0.25) is 4.99 Å². The topological polar surface area (TPSA) is 120 Å². The lowest BCUT2D eigenvalue weighted by Crippen LogP contribution is -2.40. The second kappa shape index (κ2) is 8.81. The zero-order valence-corrected chi connectivity index (χ0v) is 19.7. The van der Waals surface area contributed by atoms with Crippen LogP contribution in [0.4, 0.5) is 5.69 Å². The highest BCUT2D eigenvalue weighted by Crippen LogP contribution is 2.41. The highest BCUT2D eigenvalue weighted by molar-refractivity contribution is 7.14. The second-order valence-corrected chi connectivity index (χ2v) is 9.48. The summed E-state index contributed by atoms with van der Waals surface area (Å²) in [5, 5.41) is 12.0. The summed E-state index contributed by atoms with van der Waals surface area (Å²) in [6.45, 7) is 5.46. The first-order valence-corrected chi connectivity index (χ1v) is 11.0. The predicted octanol–water partition coefficient (Wildman–Crippen LogP) is 4.22. The van der Waals surface area contributed by atoms with Crippen LogP contribution in [0.1, 0.15) is 43.2 Å². The molecule has 32 heavy (non-hydrogen) atoms. The van der Waals surface area contributed by atoms with Crippen LogP contribution in [0.3, 0.4) is 0 Å². The van der Waals surface area contributed by atoms with Crippen molar-refractivity contribution in [3.8, 4) is 16.6 Å². The number of methoxy groups -OCH3 is 1. The van der Waals surface area contributed by atoms with Gasteiger partial charge in [0.1, 0.15) is 17.2 Å². The highest BCUT2D eigenvalue weighted by Gasteiger charge is 2.41. The lowest BCUT2D eigenvalue weighted by Gasteiger charge is -2.28. The highest BCUT2D eigenvalue weighted by atomic mass is 35.5. The molecule has 1 atom stereocenters. The number of halogens is 1. The van der Waals surface area contributed by atoms with E-state index in [1.165, 1.54) is 24.7 Å². The van der Waals surface area contributed by atoms with Crippen LogP contribution in [0.2, 0.25) is 5.02 Å². The molecule has 2 aromatic rings. The van der Waals surface area contributed by atoms with Crippen LogP contribution in [0.25, 0.3) is 10.6 Å². The Balaban J connectivity index is 2.11. The fourth-order valence-electron chi connectivity index (χ4n) is 3.43. The minimum absolute atomic E-state index is 0.00407. The zero-order valence-electron chi connectivity index (χ0n) is 18.1. The molecule has 0 fully saturated rings. The van der Waals surface area contributed by atoms with Gasteiger partial charge in [-0.15, -0.1) is 11.3 Å². The Morgan fingerprint density at radius 1 is 1.41 bits per heavy atom. The third-order valence-corrected chi connectivity index (χ3v) is 6.20. The molecule has 1 aliphatic rings. The van der Waals surface area contributed by atoms with Gasteiger partial charge in [0.25, 0.3) is 0 Å². The number of rotatable bonds is 6. The van der Waals surface area contributed by atoms with Crippen LogP contribution < -0.4 is 5.73 Å². The summed E-state index contributed by atoms with van der Waals surface area (Å²) >= 11 is 7.66. The molecule has 2 aromatic heterocycles. The average molecular weight is 475 g/mol. The summed E-state index contributed by atoms with van der Waals surface area (Å²) in [6, 6.07) is 3.76. The fraction of sp³-hybridized carbons (Fsp3) is 0.364. The summed E-state index contributed by atoms with van der Waals surface area (Å²) in [6.07, 6.45) is 5.03. The van der Waals surface area contributed by atoms with Crippen LogP contribution in [0.15, 0.2) is 28.6 Å². The number of anilines is 1. The van der Waals surface area contributed by atoms with Crippen molar-refractivity contribution in [2.24, 2.45) is 4.99 Å². The maximum absolute atomic E-state index is 13.0. The molecule has 0 amide bonds. The molecular formula is C22H23ClN4O4S. The van der Waals surface area contributed by atoms with Gasteiger partial charge in [0.2, 0.25) is 0 Å². The zero-order chi connectivity index (χ0) is 23.7. The maximum atomic E-state index is 13.0. The number of carbonyl (C=O) groups is 2. The van der Waals surface area contributed by atoms with Gasteiger partial charge >= 0.3 is 11.9 Å². The van der Waals surface area contributed by atoms with Crippen molar-refractivity contribution in [1.29, 1.82) is 5.26 Å². The molecule has 3 heterocycles. The molecule has 1 aliphatic heterocycles. The van der Waals surface area contributed by atoms with Gasteiger partial charge in [-0.2, -0.15) is 5.26 Å². The number of hydrogen-bond acceptors (Lipinski definition) is 8. The molecule has 0 bridgehead atoms. The molecule has 0 aromatic carbocycles. The lowest BCUT2D eigenvalue weighted by molar-refractivity contribution is -0.159. The molecule has 0 saturated heterocycles. The molecule has 0 spiro atoms. The quantitative estimate of drug-likeness (QED) is 0.626. The van der Waals surface area contributed by atoms with E-state index in [-0.39, 0.29) is 29.9 Å². The second-order valence-electron chi connectivity index (χ2n) is 8.15. The van der Waals surface area contributed by atoms with Crippen molar-refractivity contribution >= 4 is 46.8 Å². The number of aromatic nitrogens is 1. The molecule has 1 unspecified atom stereocenters. The van der Waals surface area contributed by atoms with Gasteiger partial charge in [-0.1, -0.05) is 11.6 Å². The Kier molecular flexibility index (Phi) is 6.49. The van der Waals surface area contributed by atoms with Crippen molar-refractivity contribution in [3.63, 3.8) is 0 Å². The third kappa shape index (κ3) is 4.29. The normalized spacial score (nSPS) is 17.4. The molecule has 0 radical (unpaired) electrons. The number of thiophene rings is 1. The van der Waals surface area contributed by atoms with E-state index in [9.17, 15) is 14.9 Å². The Bertz CT molecular complexity index is 1150. The molecule has 168 valence electrons. The smallest absolute Gasteiger partial charge is 0.356 e. The SMILES string of the molecule is COC(=O)c1c(N)c(C#N)c(-c2sccc2Cl)n1CCC1(C(=O)OC(C)(C)C)C=CC=N1. The number of nitrogens with zero attached hydrogens (tertiary/aromatic N) is 3. The number of esters is 2. The minimum Gasteiger partial charge on any atom is -0.464 e. The number of nitriles is 1. The minimum atomic E-state index is -1.26. The van der Waals surface area contributed by atoms with E-state index in [0.717, 1.165) is 0 Å². The molecule has 2 N–H and O–H groups in total. The monoisotopic (exact) mass is 474 g/mol. The number of ether oxygens (including phenoxy) is 2. The largest absolute Gasteiger partial charge is 0.464 e. The van der Waals surface area contributed by atoms with Gasteiger partial charge in [-0.05, 0) is 44.4 Å². The van der Waals surface area contributed by atoms with Crippen LogP contribution in [0, 0.1) is 11.3 Å².